The van der Waals surface area contributed by atoms with Gasteiger partial charge in [-0.2, -0.15) is 0 Å². The van der Waals surface area contributed by atoms with Crippen LogP contribution in [0.25, 0.3) is 6.08 Å². The Kier molecular flexibility index (Phi) is 6.99. The molecule has 1 amide bonds. The van der Waals surface area contributed by atoms with Gasteiger partial charge in [0.25, 0.3) is 0 Å². The van der Waals surface area contributed by atoms with E-state index in [4.69, 9.17) is 30.5 Å². The van der Waals surface area contributed by atoms with Crippen LogP contribution in [0.15, 0.2) is 18.2 Å². The number of hydrogen-bond donors (Lipinski definition) is 0. The first-order valence-electron chi connectivity index (χ1n) is 9.33. The minimum atomic E-state index is -0.182. The summed E-state index contributed by atoms with van der Waals surface area (Å²) in [5, 5.41) is 0.455. The van der Waals surface area contributed by atoms with Crippen LogP contribution in [0.4, 0.5) is 0 Å². The molecule has 2 saturated heterocycles. The highest BCUT2D eigenvalue weighted by molar-refractivity contribution is 6.32. The maximum atomic E-state index is 12.6. The first-order valence-corrected chi connectivity index (χ1v) is 9.70. The number of hydrogen-bond acceptors (Lipinski definition) is 5. The van der Waals surface area contributed by atoms with Crippen molar-refractivity contribution >= 4 is 23.6 Å². The molecule has 2 aliphatic rings. The lowest BCUT2D eigenvalue weighted by Crippen LogP contribution is -2.43. The van der Waals surface area contributed by atoms with Crippen LogP contribution in [0.5, 0.6) is 11.5 Å². The van der Waals surface area contributed by atoms with Crippen molar-refractivity contribution in [2.45, 2.75) is 26.1 Å². The van der Waals surface area contributed by atoms with E-state index in [2.05, 4.69) is 0 Å². The fourth-order valence-corrected chi connectivity index (χ4v) is 3.75. The Morgan fingerprint density at radius 2 is 2.15 bits per heavy atom. The zero-order chi connectivity index (χ0) is 19.2. The fourth-order valence-electron chi connectivity index (χ4n) is 3.47. The van der Waals surface area contributed by atoms with E-state index in [9.17, 15) is 4.79 Å². The predicted molar refractivity (Wildman–Crippen MR) is 103 cm³/mol. The molecule has 2 fully saturated rings. The van der Waals surface area contributed by atoms with E-state index in [0.717, 1.165) is 24.9 Å². The number of rotatable bonds is 6. The third kappa shape index (κ3) is 4.94. The Morgan fingerprint density at radius 3 is 2.85 bits per heavy atom. The first kappa shape index (κ1) is 20.0. The van der Waals surface area contributed by atoms with Gasteiger partial charge in [0.05, 0.1) is 32.0 Å². The zero-order valence-corrected chi connectivity index (χ0v) is 16.5. The van der Waals surface area contributed by atoms with Gasteiger partial charge in [0, 0.05) is 25.1 Å². The summed E-state index contributed by atoms with van der Waals surface area (Å²) in [6, 6.07) is 3.57. The highest BCUT2D eigenvalue weighted by atomic mass is 35.5. The van der Waals surface area contributed by atoms with Gasteiger partial charge in [-0.3, -0.25) is 4.79 Å². The van der Waals surface area contributed by atoms with Crippen LogP contribution in [0.2, 0.25) is 5.02 Å². The Bertz CT molecular complexity index is 687. The van der Waals surface area contributed by atoms with E-state index in [1.807, 2.05) is 11.8 Å². The van der Waals surface area contributed by atoms with Crippen LogP contribution < -0.4 is 9.47 Å². The Morgan fingerprint density at radius 1 is 1.37 bits per heavy atom. The van der Waals surface area contributed by atoms with E-state index in [1.54, 1.807) is 31.4 Å². The molecule has 0 spiro atoms. The summed E-state index contributed by atoms with van der Waals surface area (Å²) in [7, 11) is 1.56. The van der Waals surface area contributed by atoms with Crippen LogP contribution in [-0.4, -0.2) is 57.1 Å². The summed E-state index contributed by atoms with van der Waals surface area (Å²) in [6.45, 7) is 5.05. The average molecular weight is 396 g/mol. The Balaban J connectivity index is 1.66. The minimum absolute atomic E-state index is 0.0262. The smallest absolute Gasteiger partial charge is 0.246 e. The van der Waals surface area contributed by atoms with Crippen LogP contribution in [0.1, 0.15) is 25.3 Å². The van der Waals surface area contributed by atoms with Gasteiger partial charge < -0.3 is 23.8 Å². The van der Waals surface area contributed by atoms with Crippen molar-refractivity contribution in [3.05, 3.63) is 28.8 Å². The van der Waals surface area contributed by atoms with Gasteiger partial charge in [-0.15, -0.1) is 0 Å². The average Bonchev–Trinajstić information content (AvgIpc) is 3.23. The Labute approximate surface area is 165 Å². The lowest BCUT2D eigenvalue weighted by atomic mass is 9.97. The summed E-state index contributed by atoms with van der Waals surface area (Å²) in [4.78, 5) is 14.5. The molecule has 2 heterocycles. The van der Waals surface area contributed by atoms with E-state index in [0.29, 0.717) is 42.9 Å². The van der Waals surface area contributed by atoms with Gasteiger partial charge >= 0.3 is 0 Å². The van der Waals surface area contributed by atoms with E-state index in [-0.39, 0.29) is 18.1 Å². The molecule has 1 aromatic rings. The van der Waals surface area contributed by atoms with Gasteiger partial charge in [-0.25, -0.2) is 0 Å². The molecule has 148 valence electrons. The number of likely N-dealkylation sites (tertiary alicyclic amines) is 1. The molecular formula is C20H26ClNO5. The fraction of sp³-hybridized carbons (Fsp3) is 0.550. The van der Waals surface area contributed by atoms with Crippen LogP contribution in [0, 0.1) is 5.92 Å². The van der Waals surface area contributed by atoms with Crippen molar-refractivity contribution in [1.29, 1.82) is 0 Å². The number of nitrogens with zero attached hydrogens (tertiary/aromatic N) is 1. The van der Waals surface area contributed by atoms with Crippen molar-refractivity contribution in [2.75, 3.05) is 40.0 Å². The van der Waals surface area contributed by atoms with Gasteiger partial charge in [-0.1, -0.05) is 11.6 Å². The largest absolute Gasteiger partial charge is 0.493 e. The lowest BCUT2D eigenvalue weighted by molar-refractivity contribution is -0.134. The molecule has 6 nitrogen and oxygen atoms in total. The monoisotopic (exact) mass is 395 g/mol. The summed E-state index contributed by atoms with van der Waals surface area (Å²) in [5.41, 5.74) is 0.782. The molecule has 1 atom stereocenters. The van der Waals surface area contributed by atoms with Gasteiger partial charge in [0.2, 0.25) is 5.91 Å². The molecule has 0 aliphatic carbocycles. The van der Waals surface area contributed by atoms with Crippen LogP contribution >= 0.6 is 11.6 Å². The van der Waals surface area contributed by atoms with Crippen molar-refractivity contribution < 1.29 is 23.7 Å². The summed E-state index contributed by atoms with van der Waals surface area (Å²) < 4.78 is 22.1. The van der Waals surface area contributed by atoms with Crippen molar-refractivity contribution in [2.24, 2.45) is 5.92 Å². The van der Waals surface area contributed by atoms with Crippen LogP contribution in [-0.2, 0) is 14.3 Å². The lowest BCUT2D eigenvalue weighted by Gasteiger charge is -2.34. The molecule has 0 bridgehead atoms. The van der Waals surface area contributed by atoms with Crippen LogP contribution in [0.3, 0.4) is 0 Å². The quantitative estimate of drug-likeness (QED) is 0.691. The molecule has 2 aliphatic heterocycles. The second-order valence-electron chi connectivity index (χ2n) is 6.60. The number of carbonyl (C=O) groups excluding carboxylic acids is 1. The number of benzene rings is 1. The predicted octanol–water partition coefficient (Wildman–Crippen LogP) is 3.37. The van der Waals surface area contributed by atoms with Crippen molar-refractivity contribution in [3.8, 4) is 11.5 Å². The van der Waals surface area contributed by atoms with Gasteiger partial charge in [-0.05, 0) is 43.5 Å². The molecule has 0 aromatic heterocycles. The highest BCUT2D eigenvalue weighted by Gasteiger charge is 2.32. The maximum absolute atomic E-state index is 12.6. The minimum Gasteiger partial charge on any atom is -0.493 e. The molecule has 27 heavy (non-hydrogen) atoms. The number of halogens is 1. The number of piperidine rings is 1. The normalized spacial score (nSPS) is 21.0. The highest BCUT2D eigenvalue weighted by Crippen LogP contribution is 2.36. The number of carbonyl (C=O) groups is 1. The number of ether oxygens (including phenoxy) is 4. The van der Waals surface area contributed by atoms with Crippen molar-refractivity contribution in [1.82, 2.24) is 4.90 Å². The van der Waals surface area contributed by atoms with Crippen molar-refractivity contribution in [3.63, 3.8) is 0 Å². The van der Waals surface area contributed by atoms with E-state index < -0.39 is 0 Å². The molecule has 0 N–H and O–H groups in total. The topological polar surface area (TPSA) is 57.2 Å². The third-order valence-corrected chi connectivity index (χ3v) is 5.04. The van der Waals surface area contributed by atoms with Gasteiger partial charge in [0.1, 0.15) is 0 Å². The molecule has 7 heteroatoms. The maximum Gasteiger partial charge on any atom is 0.246 e. The second-order valence-corrected chi connectivity index (χ2v) is 7.00. The third-order valence-electron chi connectivity index (χ3n) is 4.76. The molecule has 0 radical (unpaired) electrons. The molecule has 1 aromatic carbocycles. The Hall–Kier alpha value is -1.76. The summed E-state index contributed by atoms with van der Waals surface area (Å²) >= 11 is 6.29. The van der Waals surface area contributed by atoms with E-state index >= 15 is 0 Å². The first-order chi connectivity index (χ1) is 13.1. The standard InChI is InChI=1S/C20H26ClNO5/c1-3-25-19-16(21)11-14(12-17(19)24-2)6-7-18(23)22-8-4-5-15(13-22)20-26-9-10-27-20/h6-7,11-12,15,20H,3-5,8-10,13H2,1-2H3/b7-6+. The number of methoxy groups -OCH3 is 1. The summed E-state index contributed by atoms with van der Waals surface area (Å²) in [6.07, 6.45) is 5.11. The SMILES string of the molecule is CCOc1c(Cl)cc(/C=C/C(=O)N2CCCC(C3OCCO3)C2)cc1OC. The summed E-state index contributed by atoms with van der Waals surface area (Å²) in [5.74, 6) is 1.27. The number of amides is 1. The molecule has 0 saturated carbocycles. The molecule has 3 rings (SSSR count). The van der Waals surface area contributed by atoms with Gasteiger partial charge in [0.15, 0.2) is 17.8 Å². The zero-order valence-electron chi connectivity index (χ0n) is 15.8. The second kappa shape index (κ2) is 9.44. The molecular weight excluding hydrogens is 370 g/mol. The molecule has 1 unspecified atom stereocenters. The van der Waals surface area contributed by atoms with E-state index in [1.165, 1.54) is 0 Å².